The van der Waals surface area contributed by atoms with Gasteiger partial charge in [-0.1, -0.05) is 59.7 Å². The molecule has 1 heterocycles. The number of aryl methyl sites for hydroxylation is 1. The second kappa shape index (κ2) is 5.80. The SMILES string of the molecule is CC1=CC2(C)CC(c3ccccc3)(C1)CN2S(=O)(=O)c1ccc(C)cc1. The molecular formula is C22H25NO2S. The fraction of sp³-hybridized carbons (Fsp3) is 0.364. The Morgan fingerprint density at radius 3 is 2.27 bits per heavy atom. The van der Waals surface area contributed by atoms with Gasteiger partial charge in [0.25, 0.3) is 0 Å². The Morgan fingerprint density at radius 2 is 1.62 bits per heavy atom. The fourth-order valence-corrected chi connectivity index (χ4v) is 6.74. The van der Waals surface area contributed by atoms with Crippen LogP contribution >= 0.6 is 0 Å². The van der Waals surface area contributed by atoms with Crippen LogP contribution in [0.5, 0.6) is 0 Å². The zero-order valence-corrected chi connectivity index (χ0v) is 16.4. The molecule has 2 aliphatic rings. The van der Waals surface area contributed by atoms with E-state index in [1.54, 1.807) is 16.4 Å². The maximum atomic E-state index is 13.5. The summed E-state index contributed by atoms with van der Waals surface area (Å²) in [7, 11) is -3.55. The van der Waals surface area contributed by atoms with E-state index in [0.717, 1.165) is 18.4 Å². The molecule has 3 nitrogen and oxygen atoms in total. The Labute approximate surface area is 156 Å². The topological polar surface area (TPSA) is 37.4 Å². The molecule has 2 unspecified atom stereocenters. The molecule has 0 N–H and O–H groups in total. The van der Waals surface area contributed by atoms with E-state index < -0.39 is 15.6 Å². The number of sulfonamides is 1. The first-order valence-electron chi connectivity index (χ1n) is 9.09. The van der Waals surface area contributed by atoms with Crippen LogP contribution in [0.3, 0.4) is 0 Å². The van der Waals surface area contributed by atoms with Crippen molar-refractivity contribution in [3.8, 4) is 0 Å². The highest BCUT2D eigenvalue weighted by molar-refractivity contribution is 7.89. The van der Waals surface area contributed by atoms with Gasteiger partial charge in [-0.3, -0.25) is 0 Å². The van der Waals surface area contributed by atoms with Crippen molar-refractivity contribution in [2.45, 2.75) is 49.5 Å². The lowest BCUT2D eigenvalue weighted by Crippen LogP contribution is -2.43. The smallest absolute Gasteiger partial charge is 0.207 e. The van der Waals surface area contributed by atoms with Crippen molar-refractivity contribution in [2.24, 2.45) is 0 Å². The Hall–Kier alpha value is -1.91. The van der Waals surface area contributed by atoms with Crippen LogP contribution < -0.4 is 0 Å². The number of hydrogen-bond donors (Lipinski definition) is 0. The summed E-state index contributed by atoms with van der Waals surface area (Å²) < 4.78 is 28.7. The van der Waals surface area contributed by atoms with Gasteiger partial charge in [0.15, 0.2) is 0 Å². The quantitative estimate of drug-likeness (QED) is 0.752. The minimum Gasteiger partial charge on any atom is -0.207 e. The van der Waals surface area contributed by atoms with Crippen LogP contribution in [-0.2, 0) is 15.4 Å². The molecule has 1 saturated heterocycles. The van der Waals surface area contributed by atoms with Gasteiger partial charge in [-0.2, -0.15) is 4.31 Å². The number of benzene rings is 2. The second-order valence-electron chi connectivity index (χ2n) is 8.17. The van der Waals surface area contributed by atoms with Gasteiger partial charge >= 0.3 is 0 Å². The molecule has 2 bridgehead atoms. The molecule has 2 aromatic rings. The van der Waals surface area contributed by atoms with Crippen molar-refractivity contribution in [2.75, 3.05) is 6.54 Å². The molecule has 4 rings (SSSR count). The number of rotatable bonds is 3. The minimum absolute atomic E-state index is 0.146. The summed E-state index contributed by atoms with van der Waals surface area (Å²) in [5.41, 5.74) is 2.94. The van der Waals surface area contributed by atoms with Gasteiger partial charge in [0.2, 0.25) is 10.0 Å². The van der Waals surface area contributed by atoms with E-state index in [9.17, 15) is 8.42 Å². The average molecular weight is 368 g/mol. The van der Waals surface area contributed by atoms with Crippen LogP contribution in [0.25, 0.3) is 0 Å². The normalized spacial score (nSPS) is 28.8. The summed E-state index contributed by atoms with van der Waals surface area (Å²) in [6.07, 6.45) is 3.89. The van der Waals surface area contributed by atoms with Gasteiger partial charge in [-0.25, -0.2) is 8.42 Å². The maximum absolute atomic E-state index is 13.5. The molecule has 2 aromatic carbocycles. The monoisotopic (exact) mass is 367 g/mol. The van der Waals surface area contributed by atoms with Crippen molar-refractivity contribution < 1.29 is 8.42 Å². The zero-order chi connectivity index (χ0) is 18.6. The van der Waals surface area contributed by atoms with E-state index in [1.165, 1.54) is 11.1 Å². The second-order valence-corrected chi connectivity index (χ2v) is 10.0. The molecule has 0 aromatic heterocycles. The summed E-state index contributed by atoms with van der Waals surface area (Å²) in [6, 6.07) is 17.6. The Bertz CT molecular complexity index is 963. The van der Waals surface area contributed by atoms with E-state index in [-0.39, 0.29) is 5.41 Å². The molecule has 4 heteroatoms. The molecule has 1 fully saturated rings. The molecule has 136 valence electrons. The van der Waals surface area contributed by atoms with Gasteiger partial charge in [0, 0.05) is 12.0 Å². The van der Waals surface area contributed by atoms with Gasteiger partial charge < -0.3 is 0 Å². The van der Waals surface area contributed by atoms with Gasteiger partial charge in [-0.15, -0.1) is 0 Å². The standard InChI is InChI=1S/C22H25NO2S/c1-17-9-11-20(12-10-17)26(24,25)23-16-22(19-7-5-4-6-8-19)14-18(2)13-21(23,3)15-22/h4-13H,14-16H2,1-3H3. The zero-order valence-electron chi connectivity index (χ0n) is 15.6. The van der Waals surface area contributed by atoms with E-state index in [4.69, 9.17) is 0 Å². The molecule has 1 aliphatic carbocycles. The Balaban J connectivity index is 1.82. The van der Waals surface area contributed by atoms with Crippen molar-refractivity contribution in [1.82, 2.24) is 4.31 Å². The third-order valence-corrected chi connectivity index (χ3v) is 7.88. The van der Waals surface area contributed by atoms with Crippen molar-refractivity contribution in [3.05, 3.63) is 77.4 Å². The van der Waals surface area contributed by atoms with Crippen molar-refractivity contribution in [3.63, 3.8) is 0 Å². The molecule has 0 radical (unpaired) electrons. The van der Waals surface area contributed by atoms with Crippen LogP contribution in [0, 0.1) is 6.92 Å². The minimum atomic E-state index is -3.55. The molecule has 1 aliphatic heterocycles. The van der Waals surface area contributed by atoms with E-state index in [0.29, 0.717) is 11.4 Å². The summed E-state index contributed by atoms with van der Waals surface area (Å²) in [5, 5.41) is 0. The van der Waals surface area contributed by atoms with Crippen LogP contribution in [0.2, 0.25) is 0 Å². The predicted octanol–water partition coefficient (Wildman–Crippen LogP) is 4.44. The molecule has 2 atom stereocenters. The van der Waals surface area contributed by atoms with Crippen molar-refractivity contribution >= 4 is 10.0 Å². The first-order chi connectivity index (χ1) is 12.3. The molecular weight excluding hydrogens is 342 g/mol. The summed E-state index contributed by atoms with van der Waals surface area (Å²) in [5.74, 6) is 0. The van der Waals surface area contributed by atoms with E-state index >= 15 is 0 Å². The third-order valence-electron chi connectivity index (χ3n) is 5.88. The number of allylic oxidation sites excluding steroid dienone is 1. The van der Waals surface area contributed by atoms with E-state index in [1.807, 2.05) is 37.3 Å². The van der Waals surface area contributed by atoms with Crippen LogP contribution in [-0.4, -0.2) is 24.8 Å². The lowest BCUT2D eigenvalue weighted by molar-refractivity contribution is 0.326. The van der Waals surface area contributed by atoms with Gasteiger partial charge in [0.05, 0.1) is 10.4 Å². The first kappa shape index (κ1) is 17.5. The highest BCUT2D eigenvalue weighted by Crippen LogP contribution is 2.53. The van der Waals surface area contributed by atoms with Gasteiger partial charge in [-0.05, 0) is 51.3 Å². The third kappa shape index (κ3) is 2.63. The maximum Gasteiger partial charge on any atom is 0.243 e. The van der Waals surface area contributed by atoms with Crippen LogP contribution in [0.4, 0.5) is 0 Å². The molecule has 26 heavy (non-hydrogen) atoms. The number of fused-ring (bicyclic) bond motifs is 2. The molecule has 0 amide bonds. The highest BCUT2D eigenvalue weighted by Gasteiger charge is 2.57. The highest BCUT2D eigenvalue weighted by atomic mass is 32.2. The Morgan fingerprint density at radius 1 is 0.962 bits per heavy atom. The summed E-state index contributed by atoms with van der Waals surface area (Å²) in [4.78, 5) is 0.381. The van der Waals surface area contributed by atoms with Crippen molar-refractivity contribution in [1.29, 1.82) is 0 Å². The molecule has 0 spiro atoms. The fourth-order valence-electron chi connectivity index (χ4n) is 4.93. The van der Waals surface area contributed by atoms with E-state index in [2.05, 4.69) is 32.1 Å². The van der Waals surface area contributed by atoms with Crippen LogP contribution in [0.1, 0.15) is 37.8 Å². The summed E-state index contributed by atoms with van der Waals surface area (Å²) in [6.45, 7) is 6.68. The molecule has 0 saturated carbocycles. The van der Waals surface area contributed by atoms with Crippen LogP contribution in [0.15, 0.2) is 71.1 Å². The lowest BCUT2D eigenvalue weighted by atomic mass is 9.68. The Kier molecular flexibility index (Phi) is 3.90. The largest absolute Gasteiger partial charge is 0.243 e. The number of hydrogen-bond acceptors (Lipinski definition) is 2. The lowest BCUT2D eigenvalue weighted by Gasteiger charge is -2.36. The predicted molar refractivity (Wildman–Crippen MR) is 105 cm³/mol. The number of nitrogens with zero attached hydrogens (tertiary/aromatic N) is 1. The average Bonchev–Trinajstić information content (AvgIpc) is 2.83. The summed E-state index contributed by atoms with van der Waals surface area (Å²) >= 11 is 0. The first-order valence-corrected chi connectivity index (χ1v) is 10.5. The van der Waals surface area contributed by atoms with Gasteiger partial charge in [0.1, 0.15) is 0 Å².